The highest BCUT2D eigenvalue weighted by molar-refractivity contribution is 5.79. The average Bonchev–Trinajstić information content (AvgIpc) is 2.64. The van der Waals surface area contributed by atoms with Gasteiger partial charge in [0.25, 0.3) is 0 Å². The molecular weight excluding hydrogens is 228 g/mol. The third-order valence-electron chi connectivity index (χ3n) is 3.71. The zero-order valence-electron chi connectivity index (χ0n) is 10.5. The predicted octanol–water partition coefficient (Wildman–Crippen LogP) is 1.18. The Morgan fingerprint density at radius 3 is 3.06 bits per heavy atom. The molecular formula is C13H18N4O. The highest BCUT2D eigenvalue weighted by Gasteiger charge is 2.22. The zero-order chi connectivity index (χ0) is 12.7. The molecule has 2 heterocycles. The predicted molar refractivity (Wildman–Crippen MR) is 72.7 cm³/mol. The largest absolute Gasteiger partial charge is 0.399 e. The van der Waals surface area contributed by atoms with Crippen molar-refractivity contribution in [1.29, 1.82) is 0 Å². The van der Waals surface area contributed by atoms with Crippen LogP contribution in [0.5, 0.6) is 0 Å². The van der Waals surface area contributed by atoms with E-state index in [0.29, 0.717) is 5.69 Å². The smallest absolute Gasteiger partial charge is 0.326 e. The molecule has 5 heteroatoms. The molecule has 1 saturated heterocycles. The van der Waals surface area contributed by atoms with Crippen molar-refractivity contribution in [2.75, 3.05) is 25.9 Å². The van der Waals surface area contributed by atoms with E-state index < -0.39 is 0 Å². The summed E-state index contributed by atoms with van der Waals surface area (Å²) in [6, 6.07) is 5.80. The number of likely N-dealkylation sites (tertiary alicyclic amines) is 1. The monoisotopic (exact) mass is 246 g/mol. The van der Waals surface area contributed by atoms with Crippen molar-refractivity contribution >= 4 is 16.7 Å². The second-order valence-electron chi connectivity index (χ2n) is 5.14. The van der Waals surface area contributed by atoms with Gasteiger partial charge in [-0.05, 0) is 44.6 Å². The number of nitrogens with one attached hydrogen (secondary N) is 1. The van der Waals surface area contributed by atoms with E-state index in [1.165, 1.54) is 0 Å². The highest BCUT2D eigenvalue weighted by Crippen LogP contribution is 2.24. The maximum absolute atomic E-state index is 12.1. The summed E-state index contributed by atoms with van der Waals surface area (Å²) < 4.78 is 1.86. The van der Waals surface area contributed by atoms with Gasteiger partial charge in [-0.2, -0.15) is 0 Å². The molecule has 2 aromatic rings. The van der Waals surface area contributed by atoms with Gasteiger partial charge in [0.15, 0.2) is 0 Å². The molecule has 18 heavy (non-hydrogen) atoms. The molecule has 1 atom stereocenters. The van der Waals surface area contributed by atoms with E-state index in [0.717, 1.165) is 37.0 Å². The third-order valence-corrected chi connectivity index (χ3v) is 3.71. The minimum Gasteiger partial charge on any atom is -0.399 e. The SMILES string of the molecule is CN1CCCC(n2c(=O)[nH]c3ccc(N)cc32)C1. The maximum atomic E-state index is 12.1. The maximum Gasteiger partial charge on any atom is 0.326 e. The van der Waals surface area contributed by atoms with Gasteiger partial charge in [0, 0.05) is 12.2 Å². The molecule has 3 N–H and O–H groups in total. The van der Waals surface area contributed by atoms with Gasteiger partial charge in [0.1, 0.15) is 0 Å². The fraction of sp³-hybridized carbons (Fsp3) is 0.462. The minimum absolute atomic E-state index is 0.0316. The van der Waals surface area contributed by atoms with E-state index in [4.69, 9.17) is 5.73 Å². The van der Waals surface area contributed by atoms with Gasteiger partial charge in [-0.25, -0.2) is 4.79 Å². The Morgan fingerprint density at radius 1 is 1.44 bits per heavy atom. The molecule has 0 aliphatic carbocycles. The summed E-state index contributed by atoms with van der Waals surface area (Å²) >= 11 is 0. The van der Waals surface area contributed by atoms with Crippen molar-refractivity contribution in [2.45, 2.75) is 18.9 Å². The molecule has 5 nitrogen and oxygen atoms in total. The summed E-state index contributed by atoms with van der Waals surface area (Å²) in [5.41, 5.74) is 8.26. The number of hydrogen-bond donors (Lipinski definition) is 2. The number of imidazole rings is 1. The lowest BCUT2D eigenvalue weighted by Gasteiger charge is -2.30. The second kappa shape index (κ2) is 4.17. The number of aromatic amines is 1. The number of H-pyrrole nitrogens is 1. The molecule has 0 spiro atoms. The van der Waals surface area contributed by atoms with Crippen molar-refractivity contribution in [3.05, 3.63) is 28.7 Å². The van der Waals surface area contributed by atoms with E-state index in [-0.39, 0.29) is 11.7 Å². The number of aromatic nitrogens is 2. The molecule has 1 fully saturated rings. The van der Waals surface area contributed by atoms with Crippen molar-refractivity contribution in [1.82, 2.24) is 14.5 Å². The molecule has 0 radical (unpaired) electrons. The molecule has 1 unspecified atom stereocenters. The van der Waals surface area contributed by atoms with Gasteiger partial charge < -0.3 is 15.6 Å². The first-order chi connectivity index (χ1) is 8.65. The quantitative estimate of drug-likeness (QED) is 0.742. The van der Waals surface area contributed by atoms with Crippen molar-refractivity contribution in [3.63, 3.8) is 0 Å². The molecule has 1 aromatic carbocycles. The molecule has 0 saturated carbocycles. The number of anilines is 1. The Balaban J connectivity index is 2.12. The Bertz CT molecular complexity index is 627. The number of nitrogen functional groups attached to an aromatic ring is 1. The lowest BCUT2D eigenvalue weighted by atomic mass is 10.1. The normalized spacial score (nSPS) is 21.5. The minimum atomic E-state index is -0.0316. The van der Waals surface area contributed by atoms with Crippen LogP contribution in [0.2, 0.25) is 0 Å². The van der Waals surface area contributed by atoms with Crippen LogP contribution in [0.15, 0.2) is 23.0 Å². The standard InChI is InChI=1S/C13H18N4O/c1-16-6-2-3-10(8-16)17-12-7-9(14)4-5-11(12)15-13(17)18/h4-5,7,10H,2-3,6,8,14H2,1H3,(H,15,18). The summed E-state index contributed by atoms with van der Waals surface area (Å²) in [7, 11) is 2.10. The molecule has 0 amide bonds. The first-order valence-corrected chi connectivity index (χ1v) is 6.33. The van der Waals surface area contributed by atoms with Crippen LogP contribution in [-0.4, -0.2) is 34.6 Å². The topological polar surface area (TPSA) is 67.0 Å². The zero-order valence-corrected chi connectivity index (χ0v) is 10.5. The van der Waals surface area contributed by atoms with Crippen LogP contribution in [0.25, 0.3) is 11.0 Å². The number of likely N-dealkylation sites (N-methyl/N-ethyl adjacent to an activating group) is 1. The van der Waals surface area contributed by atoms with E-state index in [1.54, 1.807) is 0 Å². The van der Waals surface area contributed by atoms with Crippen LogP contribution in [0, 0.1) is 0 Å². The lowest BCUT2D eigenvalue weighted by Crippen LogP contribution is -2.36. The van der Waals surface area contributed by atoms with Gasteiger partial charge in [-0.1, -0.05) is 0 Å². The lowest BCUT2D eigenvalue weighted by molar-refractivity contribution is 0.212. The summed E-state index contributed by atoms with van der Waals surface area (Å²) in [5, 5.41) is 0. The number of nitrogens with two attached hydrogens (primary N) is 1. The van der Waals surface area contributed by atoms with E-state index in [2.05, 4.69) is 16.9 Å². The Labute approximate surface area is 105 Å². The van der Waals surface area contributed by atoms with E-state index in [9.17, 15) is 4.79 Å². The van der Waals surface area contributed by atoms with Crippen molar-refractivity contribution < 1.29 is 0 Å². The molecule has 1 aromatic heterocycles. The summed E-state index contributed by atoms with van der Waals surface area (Å²) in [6.07, 6.45) is 2.18. The van der Waals surface area contributed by atoms with Gasteiger partial charge in [0.2, 0.25) is 0 Å². The van der Waals surface area contributed by atoms with E-state index >= 15 is 0 Å². The van der Waals surface area contributed by atoms with Crippen molar-refractivity contribution in [2.24, 2.45) is 0 Å². The van der Waals surface area contributed by atoms with E-state index in [1.807, 2.05) is 22.8 Å². The number of nitrogens with zero attached hydrogens (tertiary/aromatic N) is 2. The summed E-state index contributed by atoms with van der Waals surface area (Å²) in [4.78, 5) is 17.3. The van der Waals surface area contributed by atoms with Crippen LogP contribution in [-0.2, 0) is 0 Å². The fourth-order valence-electron chi connectivity index (χ4n) is 2.85. The highest BCUT2D eigenvalue weighted by atomic mass is 16.1. The van der Waals surface area contributed by atoms with Crippen LogP contribution in [0.1, 0.15) is 18.9 Å². The molecule has 1 aliphatic heterocycles. The summed E-state index contributed by atoms with van der Waals surface area (Å²) in [6.45, 7) is 2.03. The van der Waals surface area contributed by atoms with Crippen LogP contribution >= 0.6 is 0 Å². The number of hydrogen-bond acceptors (Lipinski definition) is 3. The molecule has 96 valence electrons. The fourth-order valence-corrected chi connectivity index (χ4v) is 2.85. The Kier molecular flexibility index (Phi) is 2.63. The number of rotatable bonds is 1. The first-order valence-electron chi connectivity index (χ1n) is 6.33. The van der Waals surface area contributed by atoms with Gasteiger partial charge in [0.05, 0.1) is 17.1 Å². The molecule has 3 rings (SSSR count). The second-order valence-corrected chi connectivity index (χ2v) is 5.14. The van der Waals surface area contributed by atoms with Crippen LogP contribution in [0.3, 0.4) is 0 Å². The van der Waals surface area contributed by atoms with Gasteiger partial charge in [-0.3, -0.25) is 4.57 Å². The third kappa shape index (κ3) is 1.80. The summed E-state index contributed by atoms with van der Waals surface area (Å²) in [5.74, 6) is 0. The number of benzene rings is 1. The Hall–Kier alpha value is -1.75. The number of piperidine rings is 1. The van der Waals surface area contributed by atoms with Crippen LogP contribution < -0.4 is 11.4 Å². The van der Waals surface area contributed by atoms with Crippen molar-refractivity contribution in [3.8, 4) is 0 Å². The average molecular weight is 246 g/mol. The number of fused-ring (bicyclic) bond motifs is 1. The Morgan fingerprint density at radius 2 is 2.28 bits per heavy atom. The van der Waals surface area contributed by atoms with Crippen LogP contribution in [0.4, 0.5) is 5.69 Å². The van der Waals surface area contributed by atoms with Gasteiger partial charge in [-0.15, -0.1) is 0 Å². The first kappa shape index (κ1) is 11.3. The molecule has 0 bridgehead atoms. The van der Waals surface area contributed by atoms with Gasteiger partial charge >= 0.3 is 5.69 Å². The molecule has 1 aliphatic rings.